The van der Waals surface area contributed by atoms with Crippen LogP contribution in [0.3, 0.4) is 0 Å². The molecule has 0 saturated carbocycles. The van der Waals surface area contributed by atoms with E-state index in [9.17, 15) is 4.79 Å². The van der Waals surface area contributed by atoms with Gasteiger partial charge in [0.05, 0.1) is 0 Å². The van der Waals surface area contributed by atoms with E-state index in [4.69, 9.17) is 16.1 Å². The minimum atomic E-state index is -0.409. The molecule has 1 aromatic carbocycles. The number of rotatable bonds is 3. The molecule has 0 aliphatic rings. The van der Waals surface area contributed by atoms with Crippen molar-refractivity contribution in [1.82, 2.24) is 19.7 Å². The van der Waals surface area contributed by atoms with Gasteiger partial charge in [0.15, 0.2) is 11.5 Å². The van der Waals surface area contributed by atoms with E-state index in [0.29, 0.717) is 28.1 Å². The number of halogens is 1. The van der Waals surface area contributed by atoms with Crippen LogP contribution < -0.4 is 10.6 Å². The first-order chi connectivity index (χ1) is 13.8. The Hall–Kier alpha value is -3.39. The summed E-state index contributed by atoms with van der Waals surface area (Å²) in [7, 11) is 0. The number of hydrogen-bond donors (Lipinski definition) is 2. The second-order valence-corrected chi connectivity index (χ2v) is 7.93. The van der Waals surface area contributed by atoms with Gasteiger partial charge in [0.25, 0.3) is 0 Å². The number of pyridine rings is 1. The Morgan fingerprint density at radius 2 is 1.86 bits per heavy atom. The highest BCUT2D eigenvalue weighted by atomic mass is 35.5. The number of nitrogens with zero attached hydrogens (tertiary/aromatic N) is 4. The van der Waals surface area contributed by atoms with Gasteiger partial charge in [-0.3, -0.25) is 9.88 Å². The Kier molecular flexibility index (Phi) is 4.71. The summed E-state index contributed by atoms with van der Waals surface area (Å²) in [5.41, 5.74) is 2.70. The number of carbonyl (C=O) groups excluding carboxylic acids is 1. The molecule has 0 aliphatic heterocycles. The molecule has 2 N–H and O–H groups in total. The topological polar surface area (TPSA) is 97.9 Å². The molecule has 8 nitrogen and oxygen atoms in total. The quantitative estimate of drug-likeness (QED) is 0.463. The molecule has 29 heavy (non-hydrogen) atoms. The van der Waals surface area contributed by atoms with Gasteiger partial charge in [-0.05, 0) is 36.4 Å². The molecule has 9 heteroatoms. The van der Waals surface area contributed by atoms with Gasteiger partial charge in [0, 0.05) is 22.9 Å². The number of hydrogen-bond acceptors (Lipinski definition) is 5. The summed E-state index contributed by atoms with van der Waals surface area (Å²) < 4.78 is 7.09. The summed E-state index contributed by atoms with van der Waals surface area (Å²) in [6.07, 6.45) is 1.68. The Balaban J connectivity index is 1.46. The van der Waals surface area contributed by atoms with Crippen LogP contribution in [0.1, 0.15) is 26.5 Å². The average Bonchev–Trinajstić information content (AvgIpc) is 3.29. The summed E-state index contributed by atoms with van der Waals surface area (Å²) >= 11 is 5.99. The number of urea groups is 1. The molecule has 0 atom stereocenters. The third kappa shape index (κ3) is 4.07. The molecule has 148 valence electrons. The predicted octanol–water partition coefficient (Wildman–Crippen LogP) is 5.00. The van der Waals surface area contributed by atoms with Crippen molar-refractivity contribution in [2.45, 2.75) is 26.2 Å². The zero-order valence-electron chi connectivity index (χ0n) is 16.1. The van der Waals surface area contributed by atoms with Gasteiger partial charge in [0.1, 0.15) is 22.8 Å². The second kappa shape index (κ2) is 7.21. The Morgan fingerprint density at radius 3 is 2.55 bits per heavy atom. The zero-order valence-corrected chi connectivity index (χ0v) is 16.9. The molecule has 0 fully saturated rings. The number of carbonyl (C=O) groups is 1. The van der Waals surface area contributed by atoms with E-state index in [1.54, 1.807) is 30.6 Å². The van der Waals surface area contributed by atoms with Crippen molar-refractivity contribution in [3.63, 3.8) is 0 Å². The number of fused-ring (bicyclic) bond motifs is 1. The molecule has 3 heterocycles. The summed E-state index contributed by atoms with van der Waals surface area (Å²) in [6, 6.07) is 12.1. The van der Waals surface area contributed by atoms with E-state index in [0.717, 1.165) is 11.2 Å². The van der Waals surface area contributed by atoms with Crippen LogP contribution in [-0.4, -0.2) is 25.7 Å². The van der Waals surface area contributed by atoms with E-state index in [1.165, 1.54) is 0 Å². The highest BCUT2D eigenvalue weighted by Crippen LogP contribution is 2.24. The van der Waals surface area contributed by atoms with Crippen molar-refractivity contribution < 1.29 is 9.32 Å². The molecule has 0 radical (unpaired) electrons. The highest BCUT2D eigenvalue weighted by molar-refractivity contribution is 6.29. The average molecular weight is 411 g/mol. The van der Waals surface area contributed by atoms with Crippen LogP contribution in [0.25, 0.3) is 16.9 Å². The van der Waals surface area contributed by atoms with Crippen molar-refractivity contribution >= 4 is 40.3 Å². The summed E-state index contributed by atoms with van der Waals surface area (Å²) in [4.78, 5) is 20.9. The fourth-order valence-electron chi connectivity index (χ4n) is 2.73. The largest absolute Gasteiger partial charge is 0.359 e. The van der Waals surface area contributed by atoms with Crippen molar-refractivity contribution in [2.75, 3.05) is 10.6 Å². The lowest BCUT2D eigenvalue weighted by Crippen LogP contribution is -2.19. The summed E-state index contributed by atoms with van der Waals surface area (Å²) in [5, 5.41) is 9.70. The van der Waals surface area contributed by atoms with E-state index >= 15 is 0 Å². The van der Waals surface area contributed by atoms with Gasteiger partial charge in [-0.15, -0.1) is 0 Å². The highest BCUT2D eigenvalue weighted by Gasteiger charge is 2.20. The van der Waals surface area contributed by atoms with Crippen LogP contribution >= 0.6 is 11.6 Å². The van der Waals surface area contributed by atoms with Crippen molar-refractivity contribution in [2.24, 2.45) is 0 Å². The molecule has 4 rings (SSSR count). The lowest BCUT2D eigenvalue weighted by molar-refractivity contribution is 0.262. The minimum absolute atomic E-state index is 0.185. The lowest BCUT2D eigenvalue weighted by Gasteiger charge is -2.12. The van der Waals surface area contributed by atoms with Crippen LogP contribution in [0.2, 0.25) is 5.15 Å². The van der Waals surface area contributed by atoms with Gasteiger partial charge in [-0.1, -0.05) is 37.5 Å². The summed E-state index contributed by atoms with van der Waals surface area (Å²) in [5.74, 6) is 1.05. The molecular weight excluding hydrogens is 392 g/mol. The van der Waals surface area contributed by atoms with Crippen molar-refractivity contribution in [3.05, 3.63) is 59.7 Å². The number of nitrogens with one attached hydrogen (secondary N) is 2. The van der Waals surface area contributed by atoms with E-state index < -0.39 is 6.03 Å². The van der Waals surface area contributed by atoms with Crippen LogP contribution in [0, 0.1) is 0 Å². The minimum Gasteiger partial charge on any atom is -0.359 e. The maximum Gasteiger partial charge on any atom is 0.324 e. The fraction of sp³-hybridized carbons (Fsp3) is 0.200. The molecule has 3 aromatic heterocycles. The zero-order chi connectivity index (χ0) is 20.6. The first-order valence-electron chi connectivity index (χ1n) is 8.95. The van der Waals surface area contributed by atoms with Crippen molar-refractivity contribution in [1.29, 1.82) is 0 Å². The molecular formula is C20H19ClN6O2. The molecule has 0 saturated heterocycles. The molecule has 0 unspecified atom stereocenters. The van der Waals surface area contributed by atoms with Crippen LogP contribution in [0.4, 0.5) is 16.3 Å². The second-order valence-electron chi connectivity index (χ2n) is 7.54. The number of amides is 2. The third-order valence-electron chi connectivity index (χ3n) is 4.26. The number of anilines is 2. The molecule has 0 spiro atoms. The van der Waals surface area contributed by atoms with Crippen molar-refractivity contribution in [3.8, 4) is 5.69 Å². The molecule has 0 aliphatic carbocycles. The maximum absolute atomic E-state index is 12.2. The van der Waals surface area contributed by atoms with Gasteiger partial charge in [-0.2, -0.15) is 0 Å². The number of aromatic nitrogens is 4. The Labute approximate surface area is 171 Å². The number of imidazole rings is 1. The summed E-state index contributed by atoms with van der Waals surface area (Å²) in [6.45, 7) is 6.02. The van der Waals surface area contributed by atoms with Gasteiger partial charge in [-0.25, -0.2) is 14.8 Å². The predicted molar refractivity (Wildman–Crippen MR) is 112 cm³/mol. The normalized spacial score (nSPS) is 11.6. The fourth-order valence-corrected chi connectivity index (χ4v) is 2.87. The van der Waals surface area contributed by atoms with Gasteiger partial charge >= 0.3 is 6.03 Å². The van der Waals surface area contributed by atoms with Crippen LogP contribution in [-0.2, 0) is 5.41 Å². The molecule has 0 bridgehead atoms. The maximum atomic E-state index is 12.2. The van der Waals surface area contributed by atoms with E-state index in [1.807, 2.05) is 43.5 Å². The van der Waals surface area contributed by atoms with Gasteiger partial charge in [0.2, 0.25) is 0 Å². The Morgan fingerprint density at radius 1 is 1.10 bits per heavy atom. The molecule has 2 amide bonds. The van der Waals surface area contributed by atoms with Crippen LogP contribution in [0.15, 0.2) is 53.3 Å². The third-order valence-corrected chi connectivity index (χ3v) is 4.47. The standard InChI is InChI=1S/C20H19ClN6O2/c1-20(2,3)15-10-17(26-29-15)25-19(28)23-12-4-6-13(7-5-12)27-11-22-14-8-9-16(21)24-18(14)27/h4-11H,1-3H3,(H2,23,25,26,28). The van der Waals surface area contributed by atoms with Crippen LogP contribution in [0.5, 0.6) is 0 Å². The first kappa shape index (κ1) is 18.9. The van der Waals surface area contributed by atoms with E-state index in [2.05, 4.69) is 25.8 Å². The molecule has 4 aromatic rings. The number of benzene rings is 1. The SMILES string of the molecule is CC(C)(C)c1cc(NC(=O)Nc2ccc(-n3cnc4ccc(Cl)nc43)cc2)no1. The Bertz CT molecular complexity index is 1170. The lowest BCUT2D eigenvalue weighted by atomic mass is 9.93. The van der Waals surface area contributed by atoms with E-state index in [-0.39, 0.29) is 5.41 Å². The van der Waals surface area contributed by atoms with Gasteiger partial charge < -0.3 is 9.84 Å². The first-order valence-corrected chi connectivity index (χ1v) is 9.33. The monoisotopic (exact) mass is 410 g/mol. The smallest absolute Gasteiger partial charge is 0.324 e.